The summed E-state index contributed by atoms with van der Waals surface area (Å²) in [7, 11) is 4.00. The molecule has 0 fully saturated rings. The van der Waals surface area contributed by atoms with Crippen molar-refractivity contribution in [3.05, 3.63) is 35.4 Å². The Labute approximate surface area is 107 Å². The molecule has 0 atom stereocenters. The number of hydrogen-bond donors (Lipinski definition) is 2. The van der Waals surface area contributed by atoms with Crippen LogP contribution in [0, 0.1) is 0 Å². The van der Waals surface area contributed by atoms with E-state index >= 15 is 0 Å². The minimum atomic E-state index is -0.551. The second-order valence-electron chi connectivity index (χ2n) is 4.30. The lowest BCUT2D eigenvalue weighted by molar-refractivity contribution is 0.239. The Kier molecular flexibility index (Phi) is 6.14. The number of alkyl halides is 1. The van der Waals surface area contributed by atoms with Gasteiger partial charge < -0.3 is 15.5 Å². The molecule has 0 aromatic heterocycles. The van der Waals surface area contributed by atoms with Gasteiger partial charge >= 0.3 is 6.03 Å². The number of urea groups is 1. The van der Waals surface area contributed by atoms with Crippen molar-refractivity contribution in [2.45, 2.75) is 13.1 Å². The van der Waals surface area contributed by atoms with Crippen molar-refractivity contribution >= 4 is 6.03 Å². The summed E-state index contributed by atoms with van der Waals surface area (Å²) in [4.78, 5) is 13.4. The average molecular weight is 253 g/mol. The van der Waals surface area contributed by atoms with E-state index in [1.54, 1.807) is 0 Å². The highest BCUT2D eigenvalue weighted by molar-refractivity contribution is 5.73. The lowest BCUT2D eigenvalue weighted by Crippen LogP contribution is -2.36. The highest BCUT2D eigenvalue weighted by Crippen LogP contribution is 2.10. The Bertz CT molecular complexity index is 382. The molecule has 0 spiro atoms. The first-order valence-corrected chi connectivity index (χ1v) is 5.92. The van der Waals surface area contributed by atoms with E-state index in [0.717, 1.165) is 12.1 Å². The number of hydrogen-bond acceptors (Lipinski definition) is 2. The quantitative estimate of drug-likeness (QED) is 0.807. The smallest absolute Gasteiger partial charge is 0.315 e. The maximum atomic E-state index is 11.9. The first kappa shape index (κ1) is 14.4. The lowest BCUT2D eigenvalue weighted by atomic mass is 10.1. The van der Waals surface area contributed by atoms with Gasteiger partial charge in [0.15, 0.2) is 0 Å². The second kappa shape index (κ2) is 7.66. The highest BCUT2D eigenvalue weighted by Gasteiger charge is 2.04. The molecule has 0 heterocycles. The van der Waals surface area contributed by atoms with Crippen LogP contribution in [0.2, 0.25) is 0 Å². The van der Waals surface area contributed by atoms with Crippen LogP contribution in [0.5, 0.6) is 0 Å². The molecule has 100 valence electrons. The van der Waals surface area contributed by atoms with E-state index in [4.69, 9.17) is 0 Å². The van der Waals surface area contributed by atoms with Crippen LogP contribution < -0.4 is 10.6 Å². The Morgan fingerprint density at radius 1 is 1.22 bits per heavy atom. The maximum Gasteiger partial charge on any atom is 0.315 e. The number of carbonyl (C=O) groups excluding carboxylic acids is 1. The van der Waals surface area contributed by atoms with Crippen LogP contribution in [0.3, 0.4) is 0 Å². The molecular formula is C13H20FN3O. The van der Waals surface area contributed by atoms with E-state index in [-0.39, 0.29) is 12.6 Å². The zero-order valence-electron chi connectivity index (χ0n) is 10.9. The van der Waals surface area contributed by atoms with Crippen molar-refractivity contribution in [1.82, 2.24) is 15.5 Å². The first-order valence-electron chi connectivity index (χ1n) is 5.92. The second-order valence-corrected chi connectivity index (χ2v) is 4.30. The van der Waals surface area contributed by atoms with Crippen LogP contribution in [0.1, 0.15) is 11.1 Å². The molecule has 0 radical (unpaired) electrons. The monoisotopic (exact) mass is 253 g/mol. The van der Waals surface area contributed by atoms with Crippen molar-refractivity contribution < 1.29 is 9.18 Å². The summed E-state index contributed by atoms with van der Waals surface area (Å²) in [6.45, 7) is 0.766. The predicted molar refractivity (Wildman–Crippen MR) is 70.0 cm³/mol. The van der Waals surface area contributed by atoms with Crippen molar-refractivity contribution in [1.29, 1.82) is 0 Å². The lowest BCUT2D eigenvalue weighted by Gasteiger charge is -2.14. The molecule has 1 aromatic carbocycles. The molecule has 0 aliphatic rings. The van der Waals surface area contributed by atoms with Crippen molar-refractivity contribution in [3.8, 4) is 0 Å². The molecule has 0 aliphatic heterocycles. The van der Waals surface area contributed by atoms with E-state index in [1.807, 2.05) is 38.4 Å². The molecule has 5 heteroatoms. The molecule has 0 bridgehead atoms. The standard InChI is InChI=1S/C13H20FN3O/c1-17(2)10-12-6-4-3-5-11(12)9-16-13(18)15-8-7-14/h3-6H,7-10H2,1-2H3,(H2,15,16,18). The van der Waals surface area contributed by atoms with Gasteiger partial charge in [-0.3, -0.25) is 0 Å². The van der Waals surface area contributed by atoms with Gasteiger partial charge in [-0.15, -0.1) is 0 Å². The third kappa shape index (κ3) is 5.14. The fourth-order valence-corrected chi connectivity index (χ4v) is 1.62. The number of halogens is 1. The normalized spacial score (nSPS) is 10.4. The summed E-state index contributed by atoms with van der Waals surface area (Å²) in [5.74, 6) is 0. The largest absolute Gasteiger partial charge is 0.336 e. The minimum Gasteiger partial charge on any atom is -0.336 e. The SMILES string of the molecule is CN(C)Cc1ccccc1CNC(=O)NCCF. The van der Waals surface area contributed by atoms with E-state index in [9.17, 15) is 9.18 Å². The third-order valence-corrected chi connectivity index (χ3v) is 2.42. The van der Waals surface area contributed by atoms with Gasteiger partial charge in [0.1, 0.15) is 6.67 Å². The summed E-state index contributed by atoms with van der Waals surface area (Å²) in [5.41, 5.74) is 2.25. The van der Waals surface area contributed by atoms with Crippen LogP contribution in [0.15, 0.2) is 24.3 Å². The van der Waals surface area contributed by atoms with Gasteiger partial charge in [-0.2, -0.15) is 0 Å². The molecular weight excluding hydrogens is 233 g/mol. The van der Waals surface area contributed by atoms with Gasteiger partial charge in [0.05, 0.1) is 0 Å². The molecule has 0 saturated carbocycles. The Hall–Kier alpha value is -1.62. The van der Waals surface area contributed by atoms with Gasteiger partial charge in [0.25, 0.3) is 0 Å². The highest BCUT2D eigenvalue weighted by atomic mass is 19.1. The van der Waals surface area contributed by atoms with Gasteiger partial charge in [0, 0.05) is 19.6 Å². The summed E-state index contributed by atoms with van der Waals surface area (Å²) >= 11 is 0. The fourth-order valence-electron chi connectivity index (χ4n) is 1.62. The molecule has 4 nitrogen and oxygen atoms in total. The molecule has 1 aromatic rings. The van der Waals surface area contributed by atoms with E-state index in [2.05, 4.69) is 15.5 Å². The molecule has 2 N–H and O–H groups in total. The van der Waals surface area contributed by atoms with Gasteiger partial charge in [-0.05, 0) is 25.2 Å². The minimum absolute atomic E-state index is 0.0468. The first-order chi connectivity index (χ1) is 8.63. The van der Waals surface area contributed by atoms with Crippen LogP contribution in [-0.2, 0) is 13.1 Å². The molecule has 0 saturated heterocycles. The zero-order chi connectivity index (χ0) is 13.4. The Balaban J connectivity index is 2.53. The number of nitrogens with zero attached hydrogens (tertiary/aromatic N) is 1. The van der Waals surface area contributed by atoms with Gasteiger partial charge in [0.2, 0.25) is 0 Å². The summed E-state index contributed by atoms with van der Waals surface area (Å²) < 4.78 is 11.9. The van der Waals surface area contributed by atoms with Crippen LogP contribution in [0.25, 0.3) is 0 Å². The van der Waals surface area contributed by atoms with E-state index < -0.39 is 6.67 Å². The van der Waals surface area contributed by atoms with Crippen molar-refractivity contribution in [2.24, 2.45) is 0 Å². The van der Waals surface area contributed by atoms with Crippen LogP contribution >= 0.6 is 0 Å². The van der Waals surface area contributed by atoms with Gasteiger partial charge in [-0.25, -0.2) is 9.18 Å². The predicted octanol–water partition coefficient (Wildman–Crippen LogP) is 1.52. The van der Waals surface area contributed by atoms with Crippen molar-refractivity contribution in [2.75, 3.05) is 27.3 Å². The van der Waals surface area contributed by atoms with Crippen molar-refractivity contribution in [3.63, 3.8) is 0 Å². The summed E-state index contributed by atoms with van der Waals surface area (Å²) in [5, 5.41) is 5.14. The Morgan fingerprint density at radius 3 is 2.50 bits per heavy atom. The molecule has 18 heavy (non-hydrogen) atoms. The van der Waals surface area contributed by atoms with E-state index in [0.29, 0.717) is 6.54 Å². The number of benzene rings is 1. The number of carbonyl (C=O) groups is 1. The van der Waals surface area contributed by atoms with E-state index in [1.165, 1.54) is 5.56 Å². The maximum absolute atomic E-state index is 11.9. The average Bonchev–Trinajstić information content (AvgIpc) is 2.34. The Morgan fingerprint density at radius 2 is 1.89 bits per heavy atom. The van der Waals surface area contributed by atoms with Crippen LogP contribution in [0.4, 0.5) is 9.18 Å². The number of nitrogens with one attached hydrogen (secondary N) is 2. The van der Waals surface area contributed by atoms with Gasteiger partial charge in [-0.1, -0.05) is 24.3 Å². The molecule has 0 aliphatic carbocycles. The molecule has 0 unspecified atom stereocenters. The summed E-state index contributed by atoms with van der Waals surface area (Å²) in [6.07, 6.45) is 0. The van der Waals surface area contributed by atoms with Crippen LogP contribution in [-0.4, -0.2) is 38.2 Å². The topological polar surface area (TPSA) is 44.4 Å². The number of amides is 2. The zero-order valence-corrected chi connectivity index (χ0v) is 10.9. The number of rotatable bonds is 6. The third-order valence-electron chi connectivity index (χ3n) is 2.42. The molecule has 2 amide bonds. The molecule has 1 rings (SSSR count). The summed E-state index contributed by atoms with van der Waals surface area (Å²) in [6, 6.07) is 7.60. The fraction of sp³-hybridized carbons (Fsp3) is 0.462.